The number of fused-ring (bicyclic) bond motifs is 1. The molecule has 1 aromatic carbocycles. The van der Waals surface area contributed by atoms with E-state index in [1.165, 1.54) is 11.1 Å². The van der Waals surface area contributed by atoms with Gasteiger partial charge in [-0.2, -0.15) is 0 Å². The number of carboxylic acids is 1. The van der Waals surface area contributed by atoms with Gasteiger partial charge in [-0.1, -0.05) is 24.3 Å². The number of hydrogen-bond acceptors (Lipinski definition) is 2. The second-order valence-electron chi connectivity index (χ2n) is 4.04. The van der Waals surface area contributed by atoms with Gasteiger partial charge in [0.15, 0.2) is 7.98 Å². The lowest BCUT2D eigenvalue weighted by Crippen LogP contribution is -2.34. The standard InChI is InChI=1S/C11H14BNO2/c12-13-6-5-8-3-1-2-4-9(8)10(13)7-11(14)15/h1-4,10H,5-7,12H2,(H,14,15). The molecule has 0 bridgehead atoms. The molecule has 1 N–H and O–H groups in total. The van der Waals surface area contributed by atoms with Gasteiger partial charge in [0.1, 0.15) is 0 Å². The fraction of sp³-hybridized carbons (Fsp3) is 0.364. The number of rotatable bonds is 2. The molecular formula is C11H14BNO2. The van der Waals surface area contributed by atoms with Gasteiger partial charge in [-0.15, -0.1) is 0 Å². The molecule has 0 fully saturated rings. The third-order valence-electron chi connectivity index (χ3n) is 3.05. The van der Waals surface area contributed by atoms with Gasteiger partial charge in [0.2, 0.25) is 0 Å². The van der Waals surface area contributed by atoms with Gasteiger partial charge in [0, 0.05) is 6.04 Å². The van der Waals surface area contributed by atoms with E-state index < -0.39 is 5.97 Å². The highest BCUT2D eigenvalue weighted by atomic mass is 16.4. The van der Waals surface area contributed by atoms with E-state index in [2.05, 4.69) is 10.9 Å². The van der Waals surface area contributed by atoms with Crippen molar-refractivity contribution in [3.8, 4) is 0 Å². The van der Waals surface area contributed by atoms with E-state index in [-0.39, 0.29) is 12.5 Å². The molecule has 0 saturated carbocycles. The predicted molar refractivity (Wildman–Crippen MR) is 60.4 cm³/mol. The van der Waals surface area contributed by atoms with E-state index in [9.17, 15) is 4.79 Å². The third-order valence-corrected chi connectivity index (χ3v) is 3.05. The summed E-state index contributed by atoms with van der Waals surface area (Å²) in [5.74, 6) is -0.733. The zero-order valence-electron chi connectivity index (χ0n) is 8.81. The molecule has 1 heterocycles. The molecule has 3 nitrogen and oxygen atoms in total. The largest absolute Gasteiger partial charge is 0.481 e. The minimum Gasteiger partial charge on any atom is -0.481 e. The average Bonchev–Trinajstić information content (AvgIpc) is 2.22. The predicted octanol–water partition coefficient (Wildman–Crippen LogP) is 0.609. The zero-order valence-corrected chi connectivity index (χ0v) is 8.81. The van der Waals surface area contributed by atoms with Crippen LogP contribution in [0.2, 0.25) is 0 Å². The molecule has 0 spiro atoms. The molecule has 1 aliphatic heterocycles. The summed E-state index contributed by atoms with van der Waals surface area (Å²) in [7, 11) is 1.99. The number of carbonyl (C=O) groups is 1. The Bertz CT molecular complexity index is 381. The van der Waals surface area contributed by atoms with E-state index in [4.69, 9.17) is 5.11 Å². The van der Waals surface area contributed by atoms with Crippen molar-refractivity contribution in [2.24, 2.45) is 0 Å². The summed E-state index contributed by atoms with van der Waals surface area (Å²) < 4.78 is 0. The molecule has 0 saturated heterocycles. The monoisotopic (exact) mass is 203 g/mol. The summed E-state index contributed by atoms with van der Waals surface area (Å²) in [6.07, 6.45) is 1.20. The molecule has 2 rings (SSSR count). The van der Waals surface area contributed by atoms with Crippen molar-refractivity contribution in [3.05, 3.63) is 35.4 Å². The van der Waals surface area contributed by atoms with Crippen molar-refractivity contribution in [1.82, 2.24) is 4.81 Å². The molecule has 1 aliphatic rings. The maximum absolute atomic E-state index is 10.8. The van der Waals surface area contributed by atoms with Gasteiger partial charge in [0.25, 0.3) is 0 Å². The van der Waals surface area contributed by atoms with Crippen LogP contribution in [-0.2, 0) is 11.2 Å². The summed E-state index contributed by atoms with van der Waals surface area (Å²) in [5.41, 5.74) is 2.47. The summed E-state index contributed by atoms with van der Waals surface area (Å²) >= 11 is 0. The molecule has 0 amide bonds. The maximum Gasteiger partial charge on any atom is 0.305 e. The Labute approximate surface area is 90.1 Å². The normalized spacial score (nSPS) is 20.9. The number of hydrogen-bond donors (Lipinski definition) is 1. The van der Waals surface area contributed by atoms with Crippen LogP contribution >= 0.6 is 0 Å². The Kier molecular flexibility index (Phi) is 2.78. The second-order valence-corrected chi connectivity index (χ2v) is 4.04. The fourth-order valence-corrected chi connectivity index (χ4v) is 2.21. The summed E-state index contributed by atoms with van der Waals surface area (Å²) in [6, 6.07) is 8.16. The zero-order chi connectivity index (χ0) is 10.8. The molecular weight excluding hydrogens is 189 g/mol. The van der Waals surface area contributed by atoms with Crippen molar-refractivity contribution in [2.45, 2.75) is 18.9 Å². The quantitative estimate of drug-likeness (QED) is 0.716. The number of carboxylic acid groups (broad SMARTS) is 1. The molecule has 0 aliphatic carbocycles. The van der Waals surface area contributed by atoms with Crippen LogP contribution in [0.1, 0.15) is 23.6 Å². The van der Waals surface area contributed by atoms with E-state index in [1.54, 1.807) is 0 Å². The maximum atomic E-state index is 10.8. The topological polar surface area (TPSA) is 40.5 Å². The average molecular weight is 203 g/mol. The molecule has 1 atom stereocenters. The van der Waals surface area contributed by atoms with E-state index in [1.807, 2.05) is 26.2 Å². The SMILES string of the molecule is BN1CCc2ccccc2C1CC(=O)O. The first-order chi connectivity index (χ1) is 7.18. The van der Waals surface area contributed by atoms with Crippen molar-refractivity contribution in [3.63, 3.8) is 0 Å². The van der Waals surface area contributed by atoms with Crippen molar-refractivity contribution in [1.29, 1.82) is 0 Å². The fourth-order valence-electron chi connectivity index (χ4n) is 2.21. The first-order valence-corrected chi connectivity index (χ1v) is 5.18. The smallest absolute Gasteiger partial charge is 0.305 e. The highest BCUT2D eigenvalue weighted by Crippen LogP contribution is 2.30. The second kappa shape index (κ2) is 4.07. The Morgan fingerprint density at radius 3 is 3.00 bits per heavy atom. The van der Waals surface area contributed by atoms with Gasteiger partial charge >= 0.3 is 5.97 Å². The van der Waals surface area contributed by atoms with Crippen LogP contribution < -0.4 is 0 Å². The van der Waals surface area contributed by atoms with Gasteiger partial charge in [0.05, 0.1) is 6.42 Å². The van der Waals surface area contributed by atoms with E-state index >= 15 is 0 Å². The first kappa shape index (κ1) is 10.2. The van der Waals surface area contributed by atoms with Crippen LogP contribution in [0.4, 0.5) is 0 Å². The lowest BCUT2D eigenvalue weighted by atomic mass is 9.89. The lowest BCUT2D eigenvalue weighted by Gasteiger charge is -2.34. The summed E-state index contributed by atoms with van der Waals surface area (Å²) in [4.78, 5) is 12.9. The van der Waals surface area contributed by atoms with Gasteiger partial charge in [-0.25, -0.2) is 0 Å². The van der Waals surface area contributed by atoms with E-state index in [0.29, 0.717) is 0 Å². The van der Waals surface area contributed by atoms with Crippen LogP contribution in [-0.4, -0.2) is 30.4 Å². The number of aliphatic carboxylic acids is 1. The molecule has 0 radical (unpaired) electrons. The Morgan fingerprint density at radius 2 is 2.27 bits per heavy atom. The number of benzene rings is 1. The van der Waals surface area contributed by atoms with Gasteiger partial charge in [-0.05, 0) is 24.1 Å². The van der Waals surface area contributed by atoms with E-state index in [0.717, 1.165) is 13.0 Å². The Morgan fingerprint density at radius 1 is 1.53 bits per heavy atom. The molecule has 1 aromatic rings. The molecule has 0 aromatic heterocycles. The van der Waals surface area contributed by atoms with Crippen LogP contribution in [0.5, 0.6) is 0 Å². The highest BCUT2D eigenvalue weighted by molar-refractivity contribution is 6.05. The third kappa shape index (κ3) is 2.05. The molecule has 78 valence electrons. The van der Waals surface area contributed by atoms with Gasteiger partial charge in [-0.3, -0.25) is 4.79 Å². The minimum absolute atomic E-state index is 0.0347. The Hall–Kier alpha value is -1.29. The first-order valence-electron chi connectivity index (χ1n) is 5.18. The summed E-state index contributed by atoms with van der Waals surface area (Å²) in [5, 5.41) is 8.88. The lowest BCUT2D eigenvalue weighted by molar-refractivity contribution is -0.138. The molecule has 1 unspecified atom stereocenters. The molecule has 4 heteroatoms. The van der Waals surface area contributed by atoms with Crippen molar-refractivity contribution in [2.75, 3.05) is 6.54 Å². The molecule has 15 heavy (non-hydrogen) atoms. The minimum atomic E-state index is -0.733. The van der Waals surface area contributed by atoms with Crippen LogP contribution in [0.3, 0.4) is 0 Å². The van der Waals surface area contributed by atoms with Crippen LogP contribution in [0.25, 0.3) is 0 Å². The van der Waals surface area contributed by atoms with Crippen molar-refractivity contribution >= 4 is 14.0 Å². The van der Waals surface area contributed by atoms with Crippen LogP contribution in [0.15, 0.2) is 24.3 Å². The number of nitrogens with zero attached hydrogens (tertiary/aromatic N) is 1. The Balaban J connectivity index is 2.32. The van der Waals surface area contributed by atoms with Crippen molar-refractivity contribution < 1.29 is 9.90 Å². The van der Waals surface area contributed by atoms with Gasteiger partial charge < -0.3 is 9.92 Å². The highest BCUT2D eigenvalue weighted by Gasteiger charge is 2.25. The van der Waals surface area contributed by atoms with Crippen LogP contribution in [0, 0.1) is 0 Å². The summed E-state index contributed by atoms with van der Waals surface area (Å²) in [6.45, 7) is 0.939.